The highest BCUT2D eigenvalue weighted by atomic mass is 32.2. The number of esters is 2. The van der Waals surface area contributed by atoms with Gasteiger partial charge in [-0.15, -0.1) is 0 Å². The standard InChI is InChI=1S/C45H70O12S/c1-3-5-7-9-11-13-15-17-19-21-23-25-27-29-31-33-40(46)54-35-38(36-55-45-44(50)43(49)42(48)39(57-45)37-58(51,52)53)56-41(47)34-32-30-28-26-24-22-20-18-16-14-12-10-8-6-4-2/h5-8,10-14,16-20,23,25,38-39,42-45,48-50H,3-4,9,15,21-22,24,26-37H2,1-2H3,(H,51,52,53)/b7-5+,8-6+,12-10+,13-11+,16-14+,19-17+,20-18+,25-23+/t38-,39-,42-,43?,44?,45+/m1/s1. The molecule has 6 atom stereocenters. The quantitative estimate of drug-likeness (QED) is 0.0169. The van der Waals surface area contributed by atoms with E-state index < -0.39 is 71.2 Å². The normalized spacial score (nSPS) is 21.4. The molecule has 0 aromatic rings. The molecule has 328 valence electrons. The minimum Gasteiger partial charge on any atom is -0.462 e. The summed E-state index contributed by atoms with van der Waals surface area (Å²) in [5.41, 5.74) is 0. The number of rotatable bonds is 32. The monoisotopic (exact) mass is 834 g/mol. The summed E-state index contributed by atoms with van der Waals surface area (Å²) >= 11 is 0. The van der Waals surface area contributed by atoms with E-state index in [1.165, 1.54) is 0 Å². The zero-order valence-electron chi connectivity index (χ0n) is 34.6. The summed E-state index contributed by atoms with van der Waals surface area (Å²) in [6.45, 7) is 3.42. The predicted octanol–water partition coefficient (Wildman–Crippen LogP) is 7.88. The second-order valence-corrected chi connectivity index (χ2v) is 15.5. The Bertz CT molecular complexity index is 1440. The van der Waals surface area contributed by atoms with Crippen molar-refractivity contribution >= 4 is 22.1 Å². The summed E-state index contributed by atoms with van der Waals surface area (Å²) in [4.78, 5) is 25.3. The SMILES string of the molecule is CC/C=C/C=C/C=C/C=C/CCCCCCCC(=O)O[C@H](COC(=O)CCCC/C=C/C/C=C/C/C=C/C/C=C/CC)CO[C@H]1O[C@H](CS(=O)(=O)O)[C@@H](O)C(O)C1O. The molecule has 1 aliphatic rings. The van der Waals surface area contributed by atoms with Crippen molar-refractivity contribution < 1.29 is 56.8 Å². The lowest BCUT2D eigenvalue weighted by molar-refractivity contribution is -0.297. The molecule has 1 aliphatic heterocycles. The first-order valence-electron chi connectivity index (χ1n) is 20.8. The van der Waals surface area contributed by atoms with Crippen molar-refractivity contribution in [2.45, 2.75) is 153 Å². The fourth-order valence-electron chi connectivity index (χ4n) is 5.56. The lowest BCUT2D eigenvalue weighted by atomic mass is 10.00. The number of hydrogen-bond acceptors (Lipinski definition) is 11. The molecule has 2 unspecified atom stereocenters. The summed E-state index contributed by atoms with van der Waals surface area (Å²) in [7, 11) is -4.61. The highest BCUT2D eigenvalue weighted by Crippen LogP contribution is 2.24. The maximum absolute atomic E-state index is 12.8. The zero-order valence-corrected chi connectivity index (χ0v) is 35.4. The van der Waals surface area contributed by atoms with E-state index in [0.29, 0.717) is 12.8 Å². The third-order valence-corrected chi connectivity index (χ3v) is 9.50. The third kappa shape index (κ3) is 28.9. The first-order valence-corrected chi connectivity index (χ1v) is 22.5. The van der Waals surface area contributed by atoms with Gasteiger partial charge in [0.05, 0.1) is 6.61 Å². The molecule has 1 rings (SSSR count). The van der Waals surface area contributed by atoms with Gasteiger partial charge in [-0.3, -0.25) is 14.1 Å². The van der Waals surface area contributed by atoms with Crippen molar-refractivity contribution in [2.24, 2.45) is 0 Å². The van der Waals surface area contributed by atoms with Gasteiger partial charge in [0.1, 0.15) is 36.8 Å². The molecule has 1 saturated heterocycles. The van der Waals surface area contributed by atoms with E-state index in [2.05, 4.69) is 74.6 Å². The predicted molar refractivity (Wildman–Crippen MR) is 228 cm³/mol. The number of aliphatic hydroxyl groups excluding tert-OH is 3. The number of carbonyl (C=O) groups excluding carboxylic acids is 2. The van der Waals surface area contributed by atoms with Gasteiger partial charge in [-0.2, -0.15) is 8.42 Å². The van der Waals surface area contributed by atoms with Crippen LogP contribution in [0, 0.1) is 0 Å². The highest BCUT2D eigenvalue weighted by molar-refractivity contribution is 7.85. The fourth-order valence-corrected chi connectivity index (χ4v) is 6.25. The minimum atomic E-state index is -4.61. The molecule has 1 heterocycles. The van der Waals surface area contributed by atoms with Crippen molar-refractivity contribution in [3.8, 4) is 0 Å². The van der Waals surface area contributed by atoms with Crippen LogP contribution in [0.4, 0.5) is 0 Å². The third-order valence-electron chi connectivity index (χ3n) is 8.75. The number of carbonyl (C=O) groups is 2. The number of aliphatic hydroxyl groups is 3. The maximum Gasteiger partial charge on any atom is 0.306 e. The lowest BCUT2D eigenvalue weighted by Crippen LogP contribution is -2.60. The molecule has 0 amide bonds. The molecule has 58 heavy (non-hydrogen) atoms. The Morgan fingerprint density at radius 1 is 0.603 bits per heavy atom. The van der Waals surface area contributed by atoms with Crippen LogP contribution >= 0.6 is 0 Å². The molecule has 0 bridgehead atoms. The molecule has 0 spiro atoms. The van der Waals surface area contributed by atoms with Gasteiger partial charge in [0, 0.05) is 12.8 Å². The average Bonchev–Trinajstić information content (AvgIpc) is 3.18. The van der Waals surface area contributed by atoms with E-state index in [9.17, 15) is 37.9 Å². The van der Waals surface area contributed by atoms with Crippen molar-refractivity contribution in [1.82, 2.24) is 0 Å². The average molecular weight is 835 g/mol. The fraction of sp³-hybridized carbons (Fsp3) is 0.600. The molecule has 12 nitrogen and oxygen atoms in total. The molecule has 13 heteroatoms. The minimum absolute atomic E-state index is 0.122. The van der Waals surface area contributed by atoms with Crippen molar-refractivity contribution in [1.29, 1.82) is 0 Å². The first kappa shape index (κ1) is 52.6. The second kappa shape index (κ2) is 34.4. The van der Waals surface area contributed by atoms with Crippen molar-refractivity contribution in [3.05, 3.63) is 97.2 Å². The van der Waals surface area contributed by atoms with E-state index in [1.807, 2.05) is 36.5 Å². The van der Waals surface area contributed by atoms with Gasteiger partial charge in [0.25, 0.3) is 10.1 Å². The van der Waals surface area contributed by atoms with Crippen LogP contribution in [0.15, 0.2) is 97.2 Å². The van der Waals surface area contributed by atoms with E-state index in [0.717, 1.165) is 77.0 Å². The summed E-state index contributed by atoms with van der Waals surface area (Å²) in [5, 5.41) is 30.8. The van der Waals surface area contributed by atoms with Crippen LogP contribution in [0.1, 0.15) is 117 Å². The Morgan fingerprint density at radius 3 is 1.78 bits per heavy atom. The molecule has 0 saturated carbocycles. The Kier molecular flexibility index (Phi) is 31.2. The van der Waals surface area contributed by atoms with E-state index in [-0.39, 0.29) is 19.4 Å². The molecule has 0 aliphatic carbocycles. The smallest absolute Gasteiger partial charge is 0.306 e. The zero-order chi connectivity index (χ0) is 42.7. The summed E-state index contributed by atoms with van der Waals surface area (Å²) < 4.78 is 53.9. The molecule has 0 aromatic carbocycles. The Hall–Kier alpha value is -3.43. The summed E-state index contributed by atoms with van der Waals surface area (Å²) in [6.07, 6.45) is 36.0. The Morgan fingerprint density at radius 2 is 1.12 bits per heavy atom. The number of unbranched alkanes of at least 4 members (excludes halogenated alkanes) is 7. The topological polar surface area (TPSA) is 186 Å². The van der Waals surface area contributed by atoms with Gasteiger partial charge in [-0.05, 0) is 70.6 Å². The van der Waals surface area contributed by atoms with Crippen LogP contribution in [0.5, 0.6) is 0 Å². The van der Waals surface area contributed by atoms with E-state index in [4.69, 9.17) is 18.9 Å². The Labute approximate surface area is 347 Å². The summed E-state index contributed by atoms with van der Waals surface area (Å²) in [6, 6.07) is 0. The molecule has 0 radical (unpaired) electrons. The number of allylic oxidation sites excluding steroid dienone is 16. The van der Waals surface area contributed by atoms with E-state index >= 15 is 0 Å². The first-order chi connectivity index (χ1) is 28.0. The molecular weight excluding hydrogens is 765 g/mol. The van der Waals surface area contributed by atoms with Crippen molar-refractivity contribution in [2.75, 3.05) is 19.0 Å². The van der Waals surface area contributed by atoms with Crippen LogP contribution in [-0.4, -0.2) is 96.0 Å². The lowest BCUT2D eigenvalue weighted by Gasteiger charge is -2.40. The van der Waals surface area contributed by atoms with Gasteiger partial charge in [-0.1, -0.05) is 130 Å². The van der Waals surface area contributed by atoms with Crippen LogP contribution in [0.2, 0.25) is 0 Å². The van der Waals surface area contributed by atoms with Crippen LogP contribution < -0.4 is 0 Å². The van der Waals surface area contributed by atoms with Crippen LogP contribution in [0.25, 0.3) is 0 Å². The maximum atomic E-state index is 12.8. The van der Waals surface area contributed by atoms with E-state index in [1.54, 1.807) is 0 Å². The van der Waals surface area contributed by atoms with Gasteiger partial charge in [0.2, 0.25) is 0 Å². The van der Waals surface area contributed by atoms with Crippen LogP contribution in [0.3, 0.4) is 0 Å². The number of ether oxygens (including phenoxy) is 4. The van der Waals surface area contributed by atoms with Gasteiger partial charge < -0.3 is 34.3 Å². The van der Waals surface area contributed by atoms with Crippen molar-refractivity contribution in [3.63, 3.8) is 0 Å². The Balaban J connectivity index is 2.55. The van der Waals surface area contributed by atoms with Gasteiger partial charge in [0.15, 0.2) is 12.4 Å². The van der Waals surface area contributed by atoms with Crippen LogP contribution in [-0.2, 0) is 38.7 Å². The molecule has 4 N–H and O–H groups in total. The number of hydrogen-bond donors (Lipinski definition) is 4. The second-order valence-electron chi connectivity index (χ2n) is 14.0. The molecule has 1 fully saturated rings. The summed E-state index contributed by atoms with van der Waals surface area (Å²) in [5.74, 6) is -2.09. The largest absolute Gasteiger partial charge is 0.462 e. The molecular formula is C45H70O12S. The highest BCUT2D eigenvalue weighted by Gasteiger charge is 2.46. The molecule has 0 aromatic heterocycles. The van der Waals surface area contributed by atoms with Gasteiger partial charge in [-0.25, -0.2) is 0 Å². The van der Waals surface area contributed by atoms with Gasteiger partial charge >= 0.3 is 11.9 Å².